The summed E-state index contributed by atoms with van der Waals surface area (Å²) in [6.45, 7) is 4.28. The molecule has 1 heterocycles. The van der Waals surface area contributed by atoms with E-state index < -0.39 is 0 Å². The number of carbonyl (C=O) groups is 3. The number of hydrogen-bond donors (Lipinski definition) is 1. The molecule has 6 nitrogen and oxygen atoms in total. The number of nitrogens with one attached hydrogen (secondary N) is 1. The lowest BCUT2D eigenvalue weighted by Gasteiger charge is -2.15. The number of methoxy groups -OCH3 is 1. The second kappa shape index (κ2) is 7.61. The van der Waals surface area contributed by atoms with E-state index in [2.05, 4.69) is 5.32 Å². The van der Waals surface area contributed by atoms with Gasteiger partial charge in [-0.25, -0.2) is 0 Å². The molecule has 0 fully saturated rings. The van der Waals surface area contributed by atoms with Gasteiger partial charge >= 0.3 is 0 Å². The molecule has 0 spiro atoms. The maximum atomic E-state index is 12.5. The van der Waals surface area contributed by atoms with Gasteiger partial charge in [-0.3, -0.25) is 19.3 Å². The second-order valence-corrected chi connectivity index (χ2v) is 6.91. The predicted molar refractivity (Wildman–Crippen MR) is 102 cm³/mol. The quantitative estimate of drug-likeness (QED) is 0.797. The van der Waals surface area contributed by atoms with E-state index in [1.165, 1.54) is 4.90 Å². The number of benzene rings is 2. The zero-order valence-electron chi connectivity index (χ0n) is 15.6. The van der Waals surface area contributed by atoms with E-state index in [-0.39, 0.29) is 30.1 Å². The van der Waals surface area contributed by atoms with Crippen molar-refractivity contribution in [1.29, 1.82) is 0 Å². The molecule has 3 amide bonds. The number of para-hydroxylation sites is 1. The molecule has 0 bridgehead atoms. The fourth-order valence-electron chi connectivity index (χ4n) is 3.13. The van der Waals surface area contributed by atoms with Crippen molar-refractivity contribution in [3.8, 4) is 5.75 Å². The molecule has 0 saturated carbocycles. The van der Waals surface area contributed by atoms with Gasteiger partial charge in [0, 0.05) is 17.8 Å². The Morgan fingerprint density at radius 1 is 1.07 bits per heavy atom. The molecular weight excluding hydrogens is 344 g/mol. The molecule has 0 saturated heterocycles. The third-order valence-electron chi connectivity index (χ3n) is 4.35. The fraction of sp³-hybridized carbons (Fsp3) is 0.286. The van der Waals surface area contributed by atoms with Gasteiger partial charge in [-0.05, 0) is 30.2 Å². The number of ether oxygens (including phenoxy) is 1. The van der Waals surface area contributed by atoms with Crippen molar-refractivity contribution in [2.24, 2.45) is 5.92 Å². The van der Waals surface area contributed by atoms with Crippen LogP contribution in [0.1, 0.15) is 40.1 Å². The second-order valence-electron chi connectivity index (χ2n) is 6.91. The Balaban J connectivity index is 1.75. The van der Waals surface area contributed by atoms with Crippen LogP contribution in [0.3, 0.4) is 0 Å². The number of amides is 3. The molecule has 0 unspecified atom stereocenters. The van der Waals surface area contributed by atoms with Crippen molar-refractivity contribution in [3.63, 3.8) is 0 Å². The van der Waals surface area contributed by atoms with Crippen LogP contribution in [0, 0.1) is 5.92 Å². The van der Waals surface area contributed by atoms with Crippen molar-refractivity contribution < 1.29 is 19.1 Å². The molecule has 140 valence electrons. The van der Waals surface area contributed by atoms with Gasteiger partial charge in [0.1, 0.15) is 5.75 Å². The van der Waals surface area contributed by atoms with E-state index in [9.17, 15) is 14.4 Å². The van der Waals surface area contributed by atoms with E-state index in [1.54, 1.807) is 31.4 Å². The van der Waals surface area contributed by atoms with Crippen LogP contribution in [0.5, 0.6) is 5.75 Å². The number of imide groups is 1. The van der Waals surface area contributed by atoms with E-state index >= 15 is 0 Å². The van der Waals surface area contributed by atoms with Crippen molar-refractivity contribution >= 4 is 23.4 Å². The summed E-state index contributed by atoms with van der Waals surface area (Å²) in [5, 5.41) is 2.79. The van der Waals surface area contributed by atoms with Crippen LogP contribution in [-0.4, -0.2) is 36.3 Å². The van der Waals surface area contributed by atoms with Crippen LogP contribution in [0.2, 0.25) is 0 Å². The zero-order chi connectivity index (χ0) is 19.6. The van der Waals surface area contributed by atoms with Gasteiger partial charge in [0.05, 0.1) is 24.7 Å². The number of rotatable bonds is 6. The minimum atomic E-state index is -0.315. The van der Waals surface area contributed by atoms with Crippen LogP contribution < -0.4 is 10.1 Å². The minimum Gasteiger partial charge on any atom is -0.496 e. The van der Waals surface area contributed by atoms with Crippen molar-refractivity contribution in [3.05, 3.63) is 59.2 Å². The number of carbonyl (C=O) groups excluding carboxylic acids is 3. The molecule has 1 N–H and O–H groups in total. The van der Waals surface area contributed by atoms with Gasteiger partial charge in [0.25, 0.3) is 11.8 Å². The van der Waals surface area contributed by atoms with Crippen molar-refractivity contribution in [1.82, 2.24) is 4.90 Å². The lowest BCUT2D eigenvalue weighted by atomic mass is 10.1. The maximum absolute atomic E-state index is 12.5. The first-order valence-corrected chi connectivity index (χ1v) is 8.82. The summed E-state index contributed by atoms with van der Waals surface area (Å²) in [4.78, 5) is 38.6. The smallest absolute Gasteiger partial charge is 0.261 e. The van der Waals surface area contributed by atoms with Crippen LogP contribution in [-0.2, 0) is 11.2 Å². The van der Waals surface area contributed by atoms with Crippen molar-refractivity contribution in [2.75, 3.05) is 19.0 Å². The Kier molecular flexibility index (Phi) is 5.26. The lowest BCUT2D eigenvalue weighted by molar-refractivity contribution is -0.115. The van der Waals surface area contributed by atoms with Gasteiger partial charge < -0.3 is 10.1 Å². The van der Waals surface area contributed by atoms with Gasteiger partial charge in [0.2, 0.25) is 5.91 Å². The molecule has 3 rings (SSSR count). The van der Waals surface area contributed by atoms with E-state index in [0.717, 1.165) is 5.56 Å². The number of fused-ring (bicyclic) bond motifs is 1. The first-order chi connectivity index (χ1) is 12.9. The van der Waals surface area contributed by atoms with Gasteiger partial charge in [0.15, 0.2) is 0 Å². The number of nitrogens with zero attached hydrogens (tertiary/aromatic N) is 1. The zero-order valence-corrected chi connectivity index (χ0v) is 15.6. The van der Waals surface area contributed by atoms with Crippen LogP contribution in [0.4, 0.5) is 5.69 Å². The topological polar surface area (TPSA) is 75.7 Å². The monoisotopic (exact) mass is 366 g/mol. The largest absolute Gasteiger partial charge is 0.496 e. The van der Waals surface area contributed by atoms with E-state index in [4.69, 9.17) is 4.74 Å². The van der Waals surface area contributed by atoms with Crippen LogP contribution in [0.25, 0.3) is 0 Å². The van der Waals surface area contributed by atoms with Gasteiger partial charge in [-0.1, -0.05) is 32.0 Å². The normalized spacial score (nSPS) is 13.1. The molecule has 2 aromatic carbocycles. The summed E-state index contributed by atoms with van der Waals surface area (Å²) in [5.41, 5.74) is 1.97. The molecule has 0 atom stereocenters. The highest BCUT2D eigenvalue weighted by molar-refractivity contribution is 6.21. The van der Waals surface area contributed by atoms with Crippen LogP contribution in [0.15, 0.2) is 42.5 Å². The molecule has 0 radical (unpaired) electrons. The Morgan fingerprint density at radius 2 is 1.78 bits per heavy atom. The first kappa shape index (κ1) is 18.6. The maximum Gasteiger partial charge on any atom is 0.261 e. The Bertz CT molecular complexity index is 905. The SMILES string of the molecule is COc1ccccc1CC(=O)Nc1ccc2c(c1)C(=O)N(CC(C)C)C2=O. The summed E-state index contributed by atoms with van der Waals surface area (Å²) < 4.78 is 5.26. The third-order valence-corrected chi connectivity index (χ3v) is 4.35. The van der Waals surface area contributed by atoms with Crippen molar-refractivity contribution in [2.45, 2.75) is 20.3 Å². The molecule has 27 heavy (non-hydrogen) atoms. The molecule has 1 aliphatic heterocycles. The summed E-state index contributed by atoms with van der Waals surface area (Å²) in [7, 11) is 1.56. The van der Waals surface area contributed by atoms with Gasteiger partial charge in [-0.2, -0.15) is 0 Å². The molecule has 1 aliphatic rings. The summed E-state index contributed by atoms with van der Waals surface area (Å²) in [6.07, 6.45) is 0.146. The molecule has 6 heteroatoms. The third kappa shape index (κ3) is 3.84. The molecule has 0 aromatic heterocycles. The summed E-state index contributed by atoms with van der Waals surface area (Å²) in [6, 6.07) is 12.1. The van der Waals surface area contributed by atoms with Crippen LogP contribution >= 0.6 is 0 Å². The van der Waals surface area contributed by atoms with E-state index in [1.807, 2.05) is 32.0 Å². The Labute approximate surface area is 158 Å². The minimum absolute atomic E-state index is 0.146. The average molecular weight is 366 g/mol. The molecular formula is C21H22N2O4. The lowest BCUT2D eigenvalue weighted by Crippen LogP contribution is -2.33. The molecule has 2 aromatic rings. The number of anilines is 1. The summed E-state index contributed by atoms with van der Waals surface area (Å²) >= 11 is 0. The number of hydrogen-bond acceptors (Lipinski definition) is 4. The van der Waals surface area contributed by atoms with Gasteiger partial charge in [-0.15, -0.1) is 0 Å². The predicted octanol–water partition coefficient (Wildman–Crippen LogP) is 3.13. The first-order valence-electron chi connectivity index (χ1n) is 8.82. The van der Waals surface area contributed by atoms with E-state index in [0.29, 0.717) is 29.1 Å². The highest BCUT2D eigenvalue weighted by Crippen LogP contribution is 2.27. The highest BCUT2D eigenvalue weighted by atomic mass is 16.5. The average Bonchev–Trinajstić information content (AvgIpc) is 2.86. The molecule has 0 aliphatic carbocycles. The fourth-order valence-corrected chi connectivity index (χ4v) is 3.13. The Morgan fingerprint density at radius 3 is 2.48 bits per heavy atom. The Hall–Kier alpha value is -3.15. The summed E-state index contributed by atoms with van der Waals surface area (Å²) in [5.74, 6) is 0.00864. The highest BCUT2D eigenvalue weighted by Gasteiger charge is 2.35. The standard InChI is InChI=1S/C21H22N2O4/c1-13(2)12-23-20(25)16-9-8-15(11-17(16)21(23)26)22-19(24)10-14-6-4-5-7-18(14)27-3/h4-9,11,13H,10,12H2,1-3H3,(H,22,24).